The zero-order valence-electron chi connectivity index (χ0n) is 16.0. The third-order valence-electron chi connectivity index (χ3n) is 4.39. The lowest BCUT2D eigenvalue weighted by Gasteiger charge is -2.36. The highest BCUT2D eigenvalue weighted by Gasteiger charge is 2.37. The zero-order valence-corrected chi connectivity index (χ0v) is 16.0. The summed E-state index contributed by atoms with van der Waals surface area (Å²) in [6, 6.07) is 9.80. The zero-order chi connectivity index (χ0) is 20.5. The Morgan fingerprint density at radius 3 is 2.25 bits per heavy atom. The molecule has 1 N–H and O–H groups in total. The first-order chi connectivity index (χ1) is 13.2. The molecular weight excluding hydrogens is 366 g/mol. The van der Waals surface area contributed by atoms with Gasteiger partial charge in [0.25, 0.3) is 0 Å². The Morgan fingerprint density at radius 1 is 1.04 bits per heavy atom. The highest BCUT2D eigenvalue weighted by molar-refractivity contribution is 5.97. The average Bonchev–Trinajstić information content (AvgIpc) is 2.62. The Kier molecular flexibility index (Phi) is 5.36. The van der Waals surface area contributed by atoms with Gasteiger partial charge in [0.2, 0.25) is 5.91 Å². The van der Waals surface area contributed by atoms with Crippen molar-refractivity contribution < 1.29 is 23.1 Å². The van der Waals surface area contributed by atoms with Crippen molar-refractivity contribution in [1.82, 2.24) is 4.90 Å². The Labute approximate surface area is 162 Å². The average molecular weight is 388 g/mol. The number of carbonyl (C=O) groups excluding carboxylic acids is 2. The van der Waals surface area contributed by atoms with Gasteiger partial charge in [0.15, 0.2) is 0 Å². The molecule has 1 aliphatic heterocycles. The molecule has 0 fully saturated rings. The van der Waals surface area contributed by atoms with Crippen LogP contribution in [0.4, 0.5) is 19.3 Å². The van der Waals surface area contributed by atoms with E-state index in [1.807, 2.05) is 24.3 Å². The SMILES string of the molecule is CC(C)(C)OC(=O)N1Cc2ccccc2C[C@H]1C(=O)Nc1c(F)cccc1F. The molecule has 0 aliphatic carbocycles. The van der Waals surface area contributed by atoms with Gasteiger partial charge in [-0.15, -0.1) is 0 Å². The highest BCUT2D eigenvalue weighted by atomic mass is 19.1. The molecule has 0 spiro atoms. The third kappa shape index (κ3) is 4.30. The van der Waals surface area contributed by atoms with Crippen molar-refractivity contribution in [2.45, 2.75) is 45.4 Å². The van der Waals surface area contributed by atoms with E-state index in [0.29, 0.717) is 0 Å². The summed E-state index contributed by atoms with van der Waals surface area (Å²) in [7, 11) is 0. The van der Waals surface area contributed by atoms with Gasteiger partial charge < -0.3 is 10.1 Å². The van der Waals surface area contributed by atoms with Crippen molar-refractivity contribution in [3.63, 3.8) is 0 Å². The summed E-state index contributed by atoms with van der Waals surface area (Å²) in [5.74, 6) is -2.44. The lowest BCUT2D eigenvalue weighted by molar-refractivity contribution is -0.122. The van der Waals surface area contributed by atoms with E-state index in [1.165, 1.54) is 11.0 Å². The number of nitrogens with one attached hydrogen (secondary N) is 1. The number of halogens is 2. The molecule has 1 aliphatic rings. The molecule has 0 bridgehead atoms. The van der Waals surface area contributed by atoms with Gasteiger partial charge in [-0.05, 0) is 44.0 Å². The molecule has 28 heavy (non-hydrogen) atoms. The van der Waals surface area contributed by atoms with Crippen LogP contribution in [0.5, 0.6) is 0 Å². The first-order valence-electron chi connectivity index (χ1n) is 8.97. The summed E-state index contributed by atoms with van der Waals surface area (Å²) in [6.07, 6.45) is -0.437. The predicted molar refractivity (Wildman–Crippen MR) is 101 cm³/mol. The molecule has 2 aromatic carbocycles. The third-order valence-corrected chi connectivity index (χ3v) is 4.39. The molecule has 3 rings (SSSR count). The maximum Gasteiger partial charge on any atom is 0.411 e. The van der Waals surface area contributed by atoms with E-state index in [4.69, 9.17) is 4.74 Å². The standard InChI is InChI=1S/C21H22F2N2O3/c1-21(2,3)28-20(27)25-12-14-8-5-4-7-13(14)11-17(25)19(26)24-18-15(22)9-6-10-16(18)23/h4-10,17H,11-12H2,1-3H3,(H,24,26)/t17-/m0/s1. The quantitative estimate of drug-likeness (QED) is 0.836. The first-order valence-corrected chi connectivity index (χ1v) is 8.97. The fourth-order valence-electron chi connectivity index (χ4n) is 3.09. The summed E-state index contributed by atoms with van der Waals surface area (Å²) in [6.45, 7) is 5.36. The first kappa shape index (κ1) is 19.8. The van der Waals surface area contributed by atoms with E-state index in [0.717, 1.165) is 23.3 Å². The van der Waals surface area contributed by atoms with E-state index in [1.54, 1.807) is 20.8 Å². The van der Waals surface area contributed by atoms with E-state index >= 15 is 0 Å². The van der Waals surface area contributed by atoms with Crippen molar-refractivity contribution in [2.24, 2.45) is 0 Å². The molecule has 0 saturated carbocycles. The maximum absolute atomic E-state index is 13.9. The monoisotopic (exact) mass is 388 g/mol. The Hall–Kier alpha value is -2.96. The minimum Gasteiger partial charge on any atom is -0.444 e. The number of carbonyl (C=O) groups is 2. The second kappa shape index (κ2) is 7.58. The van der Waals surface area contributed by atoms with Crippen molar-refractivity contribution >= 4 is 17.7 Å². The van der Waals surface area contributed by atoms with Gasteiger partial charge in [0.05, 0.1) is 6.54 Å². The number of anilines is 1. The highest BCUT2D eigenvalue weighted by Crippen LogP contribution is 2.27. The number of amides is 2. The summed E-state index contributed by atoms with van der Waals surface area (Å²) in [5.41, 5.74) is 0.522. The number of hydrogen-bond donors (Lipinski definition) is 1. The topological polar surface area (TPSA) is 58.6 Å². The Balaban J connectivity index is 1.90. The van der Waals surface area contributed by atoms with Gasteiger partial charge in [0, 0.05) is 6.42 Å². The van der Waals surface area contributed by atoms with Crippen molar-refractivity contribution in [2.75, 3.05) is 5.32 Å². The van der Waals surface area contributed by atoms with E-state index in [-0.39, 0.29) is 13.0 Å². The molecule has 2 aromatic rings. The van der Waals surface area contributed by atoms with Gasteiger partial charge in [-0.1, -0.05) is 30.3 Å². The van der Waals surface area contributed by atoms with Gasteiger partial charge in [-0.2, -0.15) is 0 Å². The fraction of sp³-hybridized carbons (Fsp3) is 0.333. The van der Waals surface area contributed by atoms with Crippen LogP contribution in [-0.4, -0.2) is 28.5 Å². The molecule has 0 aromatic heterocycles. The molecule has 0 saturated heterocycles. The number of fused-ring (bicyclic) bond motifs is 1. The minimum atomic E-state index is -0.955. The van der Waals surface area contributed by atoms with E-state index in [9.17, 15) is 18.4 Å². The minimum absolute atomic E-state index is 0.170. The van der Waals surface area contributed by atoms with Gasteiger partial charge in [-0.3, -0.25) is 9.69 Å². The molecule has 7 heteroatoms. The van der Waals surface area contributed by atoms with Crippen LogP contribution >= 0.6 is 0 Å². The maximum atomic E-state index is 13.9. The lowest BCUT2D eigenvalue weighted by atomic mass is 9.93. The van der Waals surface area contributed by atoms with Crippen LogP contribution in [0.1, 0.15) is 31.9 Å². The molecule has 0 unspecified atom stereocenters. The van der Waals surface area contributed by atoms with Crippen LogP contribution < -0.4 is 5.32 Å². The molecular formula is C21H22F2N2O3. The van der Waals surface area contributed by atoms with Crippen LogP contribution in [-0.2, 0) is 22.5 Å². The molecule has 1 heterocycles. The number of nitrogens with zero attached hydrogens (tertiary/aromatic N) is 1. The van der Waals surface area contributed by atoms with Gasteiger partial charge in [-0.25, -0.2) is 13.6 Å². The molecule has 2 amide bonds. The van der Waals surface area contributed by atoms with Gasteiger partial charge >= 0.3 is 6.09 Å². The van der Waals surface area contributed by atoms with E-state index in [2.05, 4.69) is 5.32 Å². The number of para-hydroxylation sites is 1. The van der Waals surface area contributed by atoms with Crippen molar-refractivity contribution in [3.05, 3.63) is 65.2 Å². The second-order valence-corrected chi connectivity index (χ2v) is 7.68. The largest absolute Gasteiger partial charge is 0.444 e. The normalized spacial score (nSPS) is 16.3. The van der Waals surface area contributed by atoms with Gasteiger partial charge in [0.1, 0.15) is 29.0 Å². The molecule has 0 radical (unpaired) electrons. The molecule has 148 valence electrons. The predicted octanol–water partition coefficient (Wildman–Crippen LogP) is 4.27. The Bertz CT molecular complexity index is 889. The smallest absolute Gasteiger partial charge is 0.411 e. The summed E-state index contributed by atoms with van der Waals surface area (Å²) in [5, 5.41) is 2.29. The molecule has 5 nitrogen and oxygen atoms in total. The fourth-order valence-corrected chi connectivity index (χ4v) is 3.09. The number of ether oxygens (including phenoxy) is 1. The number of hydrogen-bond acceptors (Lipinski definition) is 3. The van der Waals surface area contributed by atoms with Crippen LogP contribution in [0, 0.1) is 11.6 Å². The number of rotatable bonds is 2. The summed E-state index contributed by atoms with van der Waals surface area (Å²) >= 11 is 0. The number of benzene rings is 2. The Morgan fingerprint density at radius 2 is 1.64 bits per heavy atom. The van der Waals surface area contributed by atoms with Crippen molar-refractivity contribution in [3.8, 4) is 0 Å². The summed E-state index contributed by atoms with van der Waals surface area (Å²) < 4.78 is 33.3. The van der Waals surface area contributed by atoms with Crippen LogP contribution in [0.25, 0.3) is 0 Å². The molecule has 1 atom stereocenters. The van der Waals surface area contributed by atoms with E-state index < -0.39 is 41.0 Å². The van der Waals surface area contributed by atoms with Crippen molar-refractivity contribution in [1.29, 1.82) is 0 Å². The lowest BCUT2D eigenvalue weighted by Crippen LogP contribution is -2.52. The second-order valence-electron chi connectivity index (χ2n) is 7.68. The summed E-state index contributed by atoms with van der Waals surface area (Å²) in [4.78, 5) is 26.9. The van der Waals surface area contributed by atoms with Crippen LogP contribution in [0.2, 0.25) is 0 Å². The van der Waals surface area contributed by atoms with Crippen LogP contribution in [0.15, 0.2) is 42.5 Å². The van der Waals surface area contributed by atoms with Crippen LogP contribution in [0.3, 0.4) is 0 Å².